The Labute approximate surface area is 146 Å². The highest BCUT2D eigenvalue weighted by molar-refractivity contribution is 7.99. The molecule has 3 rings (SSSR count). The Balaban J connectivity index is 1.40. The van der Waals surface area contributed by atoms with E-state index < -0.39 is 0 Å². The Kier molecular flexibility index (Phi) is 5.62. The fraction of sp³-hybridized carbons (Fsp3) is 0.667. The first-order valence-electron chi connectivity index (χ1n) is 8.27. The van der Waals surface area contributed by atoms with E-state index in [1.807, 2.05) is 27.0 Å². The minimum Gasteiger partial charge on any atom is -0.341 e. The highest BCUT2D eigenvalue weighted by atomic mass is 32.2. The number of nitrogens with zero attached hydrogens (tertiary/aromatic N) is 7. The average molecular weight is 348 g/mol. The van der Waals surface area contributed by atoms with Crippen LogP contribution in [-0.4, -0.2) is 61.6 Å². The van der Waals surface area contributed by atoms with Crippen LogP contribution in [0.1, 0.15) is 24.2 Å². The van der Waals surface area contributed by atoms with Crippen molar-refractivity contribution in [3.05, 3.63) is 17.5 Å². The third-order valence-corrected chi connectivity index (χ3v) is 5.11. The maximum absolute atomic E-state index is 4.56. The molecular weight excluding hydrogens is 324 g/mol. The van der Waals surface area contributed by atoms with E-state index in [-0.39, 0.29) is 0 Å². The van der Waals surface area contributed by atoms with Crippen molar-refractivity contribution in [1.82, 2.24) is 35.5 Å². The van der Waals surface area contributed by atoms with Crippen molar-refractivity contribution < 1.29 is 0 Å². The molecule has 9 heteroatoms. The van der Waals surface area contributed by atoms with E-state index in [1.54, 1.807) is 16.4 Å². The number of aromatic nitrogens is 6. The summed E-state index contributed by atoms with van der Waals surface area (Å²) in [5.41, 5.74) is 2.07. The third kappa shape index (κ3) is 4.41. The van der Waals surface area contributed by atoms with Gasteiger partial charge in [-0.2, -0.15) is 0 Å². The molecule has 0 aliphatic carbocycles. The lowest BCUT2D eigenvalue weighted by Gasteiger charge is -2.32. The van der Waals surface area contributed by atoms with Crippen molar-refractivity contribution in [3.63, 3.8) is 0 Å². The zero-order chi connectivity index (χ0) is 16.9. The number of piperidine rings is 1. The molecule has 0 atom stereocenters. The molecule has 1 saturated heterocycles. The van der Waals surface area contributed by atoms with Crippen molar-refractivity contribution in [2.45, 2.75) is 37.9 Å². The maximum Gasteiger partial charge on any atom is 0.225 e. The van der Waals surface area contributed by atoms with Crippen LogP contribution in [0.4, 0.5) is 5.95 Å². The molecule has 1 N–H and O–H groups in total. The third-order valence-electron chi connectivity index (χ3n) is 4.10. The molecule has 0 unspecified atom stereocenters. The van der Waals surface area contributed by atoms with Gasteiger partial charge in [0.25, 0.3) is 0 Å². The average Bonchev–Trinajstić information content (AvgIpc) is 2.96. The Morgan fingerprint density at radius 2 is 1.92 bits per heavy atom. The Bertz CT molecular complexity index is 645. The highest BCUT2D eigenvalue weighted by Gasteiger charge is 2.20. The number of rotatable bonds is 6. The van der Waals surface area contributed by atoms with Gasteiger partial charge in [0.2, 0.25) is 11.1 Å². The van der Waals surface area contributed by atoms with E-state index in [1.165, 1.54) is 0 Å². The molecule has 0 saturated carbocycles. The summed E-state index contributed by atoms with van der Waals surface area (Å²) in [6.07, 6.45) is 2.24. The number of aryl methyl sites for hydroxylation is 3. The van der Waals surface area contributed by atoms with Gasteiger partial charge in [0.05, 0.1) is 0 Å². The van der Waals surface area contributed by atoms with Crippen LogP contribution in [0, 0.1) is 13.8 Å². The van der Waals surface area contributed by atoms with Gasteiger partial charge in [0, 0.05) is 49.9 Å². The van der Waals surface area contributed by atoms with E-state index in [0.717, 1.165) is 60.7 Å². The van der Waals surface area contributed by atoms with Gasteiger partial charge in [-0.1, -0.05) is 11.8 Å². The molecule has 0 bridgehead atoms. The van der Waals surface area contributed by atoms with E-state index in [4.69, 9.17) is 0 Å². The van der Waals surface area contributed by atoms with Gasteiger partial charge < -0.3 is 10.2 Å². The summed E-state index contributed by atoms with van der Waals surface area (Å²) < 4.78 is 1.70. The SMILES string of the molecule is Cc1cc(C)nc(N2CCC(NCCSc3nnnn3C)CC2)n1. The molecule has 0 amide bonds. The predicted molar refractivity (Wildman–Crippen MR) is 94.3 cm³/mol. The van der Waals surface area contributed by atoms with Crippen LogP contribution in [0.15, 0.2) is 11.2 Å². The summed E-state index contributed by atoms with van der Waals surface area (Å²) in [6, 6.07) is 2.58. The number of anilines is 1. The minimum absolute atomic E-state index is 0.561. The smallest absolute Gasteiger partial charge is 0.225 e. The van der Waals surface area contributed by atoms with Gasteiger partial charge in [0.1, 0.15) is 0 Å². The van der Waals surface area contributed by atoms with Crippen LogP contribution in [0.3, 0.4) is 0 Å². The fourth-order valence-corrected chi connectivity index (χ4v) is 3.60. The van der Waals surface area contributed by atoms with Gasteiger partial charge >= 0.3 is 0 Å². The molecular formula is C15H24N8S. The first-order valence-corrected chi connectivity index (χ1v) is 9.26. The first kappa shape index (κ1) is 17.1. The largest absolute Gasteiger partial charge is 0.341 e. The molecule has 2 aromatic rings. The second-order valence-corrected chi connectivity index (χ2v) is 7.16. The van der Waals surface area contributed by atoms with E-state index >= 15 is 0 Å². The summed E-state index contributed by atoms with van der Waals surface area (Å²) >= 11 is 1.68. The molecule has 3 heterocycles. The monoisotopic (exact) mass is 348 g/mol. The zero-order valence-electron chi connectivity index (χ0n) is 14.4. The molecule has 130 valence electrons. The van der Waals surface area contributed by atoms with Crippen molar-refractivity contribution in [3.8, 4) is 0 Å². The molecule has 1 fully saturated rings. The van der Waals surface area contributed by atoms with Gasteiger partial charge in [-0.25, -0.2) is 14.6 Å². The zero-order valence-corrected chi connectivity index (χ0v) is 15.3. The second-order valence-electron chi connectivity index (χ2n) is 6.10. The lowest BCUT2D eigenvalue weighted by Crippen LogP contribution is -2.43. The molecule has 24 heavy (non-hydrogen) atoms. The molecule has 0 radical (unpaired) electrons. The molecule has 1 aliphatic heterocycles. The molecule has 8 nitrogen and oxygen atoms in total. The van der Waals surface area contributed by atoms with Crippen LogP contribution in [-0.2, 0) is 7.05 Å². The highest BCUT2D eigenvalue weighted by Crippen LogP contribution is 2.17. The standard InChI is InChI=1S/C15H24N8S/c1-11-10-12(2)18-14(17-11)23-7-4-13(5-8-23)16-6-9-24-15-19-20-21-22(15)3/h10,13,16H,4-9H2,1-3H3. The summed E-state index contributed by atoms with van der Waals surface area (Å²) in [6.45, 7) is 7.01. The fourth-order valence-electron chi connectivity index (χ4n) is 2.88. The van der Waals surface area contributed by atoms with Crippen molar-refractivity contribution >= 4 is 17.7 Å². The first-order chi connectivity index (χ1) is 11.6. The van der Waals surface area contributed by atoms with Gasteiger partial charge in [-0.05, 0) is 43.2 Å². The van der Waals surface area contributed by atoms with Crippen molar-refractivity contribution in [2.24, 2.45) is 7.05 Å². The van der Waals surface area contributed by atoms with Gasteiger partial charge in [-0.15, -0.1) is 5.10 Å². The lowest BCUT2D eigenvalue weighted by atomic mass is 10.1. The minimum atomic E-state index is 0.561. The number of thioether (sulfide) groups is 1. The summed E-state index contributed by atoms with van der Waals surface area (Å²) in [5, 5.41) is 15.9. The Hall–Kier alpha value is -1.74. The topological polar surface area (TPSA) is 84.7 Å². The van der Waals surface area contributed by atoms with Crippen LogP contribution >= 0.6 is 11.8 Å². The molecule has 0 spiro atoms. The van der Waals surface area contributed by atoms with E-state index in [0.29, 0.717) is 6.04 Å². The Morgan fingerprint density at radius 1 is 1.21 bits per heavy atom. The van der Waals surface area contributed by atoms with Crippen LogP contribution < -0.4 is 10.2 Å². The normalized spacial score (nSPS) is 15.9. The predicted octanol–water partition coefficient (Wildman–Crippen LogP) is 0.968. The molecule has 2 aromatic heterocycles. The summed E-state index contributed by atoms with van der Waals surface area (Å²) in [4.78, 5) is 11.4. The number of tetrazole rings is 1. The van der Waals surface area contributed by atoms with Crippen molar-refractivity contribution in [1.29, 1.82) is 0 Å². The maximum atomic E-state index is 4.56. The summed E-state index contributed by atoms with van der Waals surface area (Å²) in [5.74, 6) is 1.84. The van der Waals surface area contributed by atoms with Gasteiger partial charge in [0.15, 0.2) is 0 Å². The van der Waals surface area contributed by atoms with Crippen LogP contribution in [0.25, 0.3) is 0 Å². The Morgan fingerprint density at radius 3 is 2.54 bits per heavy atom. The van der Waals surface area contributed by atoms with Crippen LogP contribution in [0.2, 0.25) is 0 Å². The number of nitrogens with one attached hydrogen (secondary N) is 1. The number of hydrogen-bond donors (Lipinski definition) is 1. The van der Waals surface area contributed by atoms with Gasteiger partial charge in [-0.3, -0.25) is 0 Å². The van der Waals surface area contributed by atoms with Crippen LogP contribution in [0.5, 0.6) is 0 Å². The second kappa shape index (κ2) is 7.89. The van der Waals surface area contributed by atoms with E-state index in [2.05, 4.69) is 35.7 Å². The quantitative estimate of drug-likeness (QED) is 0.611. The van der Waals surface area contributed by atoms with E-state index in [9.17, 15) is 0 Å². The lowest BCUT2D eigenvalue weighted by molar-refractivity contribution is 0.421. The molecule has 1 aliphatic rings. The van der Waals surface area contributed by atoms with Crippen molar-refractivity contribution in [2.75, 3.05) is 30.3 Å². The summed E-state index contributed by atoms with van der Waals surface area (Å²) in [7, 11) is 1.86. The molecule has 0 aromatic carbocycles. The number of hydrogen-bond acceptors (Lipinski definition) is 8.